The Morgan fingerprint density at radius 2 is 2.29 bits per heavy atom. The van der Waals surface area contributed by atoms with Gasteiger partial charge in [-0.2, -0.15) is 5.26 Å². The van der Waals surface area contributed by atoms with E-state index in [2.05, 4.69) is 11.4 Å². The zero-order valence-corrected chi connectivity index (χ0v) is 10.1. The summed E-state index contributed by atoms with van der Waals surface area (Å²) in [5.41, 5.74) is 0.736. The summed E-state index contributed by atoms with van der Waals surface area (Å²) in [5.74, 6) is 0.564. The van der Waals surface area contributed by atoms with Gasteiger partial charge in [0.2, 0.25) is 5.91 Å². The van der Waals surface area contributed by atoms with Gasteiger partial charge in [-0.05, 0) is 24.6 Å². The van der Waals surface area contributed by atoms with Gasteiger partial charge in [-0.15, -0.1) is 0 Å². The van der Waals surface area contributed by atoms with Crippen molar-refractivity contribution >= 4 is 5.91 Å². The smallest absolute Gasteiger partial charge is 0.221 e. The second-order valence-electron chi connectivity index (χ2n) is 3.49. The molecule has 0 saturated heterocycles. The molecule has 1 rings (SSSR count). The molecule has 0 radical (unpaired) electrons. The van der Waals surface area contributed by atoms with E-state index in [4.69, 9.17) is 10.00 Å². The molecule has 0 saturated carbocycles. The molecule has 0 heterocycles. The Labute approximate surface area is 101 Å². The number of nitrogens with one attached hydrogen (secondary N) is 1. The number of nitrogens with zero attached hydrogens (tertiary/aromatic N) is 1. The summed E-state index contributed by atoms with van der Waals surface area (Å²) in [4.78, 5) is 11.3. The number of nitriles is 1. The van der Waals surface area contributed by atoms with Gasteiger partial charge < -0.3 is 10.1 Å². The van der Waals surface area contributed by atoms with Crippen molar-refractivity contribution in [3.8, 4) is 11.8 Å². The Balaban J connectivity index is 2.85. The summed E-state index contributed by atoms with van der Waals surface area (Å²) >= 11 is 0. The topological polar surface area (TPSA) is 62.1 Å². The van der Waals surface area contributed by atoms with E-state index in [1.54, 1.807) is 19.1 Å². The third-order valence-corrected chi connectivity index (χ3v) is 2.26. The fourth-order valence-corrected chi connectivity index (χ4v) is 1.40. The highest BCUT2D eigenvalue weighted by molar-refractivity contribution is 5.76. The molecule has 4 nitrogen and oxygen atoms in total. The first-order valence-electron chi connectivity index (χ1n) is 5.63. The summed E-state index contributed by atoms with van der Waals surface area (Å²) in [6, 6.07) is 8.64. The second-order valence-corrected chi connectivity index (χ2v) is 3.49. The van der Waals surface area contributed by atoms with Crippen molar-refractivity contribution in [2.45, 2.75) is 26.3 Å². The molecular weight excluding hydrogens is 216 g/mol. The lowest BCUT2D eigenvalue weighted by molar-refractivity contribution is -0.121. The summed E-state index contributed by atoms with van der Waals surface area (Å²) in [7, 11) is 0. The largest absolute Gasteiger partial charge is 0.494 e. The third-order valence-electron chi connectivity index (χ3n) is 2.26. The number of benzene rings is 1. The van der Waals surface area contributed by atoms with E-state index in [-0.39, 0.29) is 5.91 Å². The molecule has 1 N–H and O–H groups in total. The molecule has 4 heteroatoms. The highest BCUT2D eigenvalue weighted by Crippen LogP contribution is 2.19. The standard InChI is InChI=1S/C13H16N2O2/c1-3-13(16)15-12(9-14)10-6-5-7-11(8-10)17-4-2/h5-8,12H,3-4H2,1-2H3,(H,15,16). The number of rotatable bonds is 5. The SMILES string of the molecule is CCOc1cccc(C(C#N)NC(=O)CC)c1. The minimum Gasteiger partial charge on any atom is -0.494 e. The van der Waals surface area contributed by atoms with Gasteiger partial charge in [0.15, 0.2) is 0 Å². The van der Waals surface area contributed by atoms with Crippen molar-refractivity contribution in [3.05, 3.63) is 29.8 Å². The average molecular weight is 232 g/mol. The maximum atomic E-state index is 11.3. The lowest BCUT2D eigenvalue weighted by Crippen LogP contribution is -2.26. The van der Waals surface area contributed by atoms with Crippen LogP contribution in [0.3, 0.4) is 0 Å². The van der Waals surface area contributed by atoms with Crippen LogP contribution in [0.15, 0.2) is 24.3 Å². The maximum Gasteiger partial charge on any atom is 0.221 e. The summed E-state index contributed by atoms with van der Waals surface area (Å²) in [6.07, 6.45) is 0.364. The molecule has 0 spiro atoms. The van der Waals surface area contributed by atoms with E-state index < -0.39 is 6.04 Å². The molecule has 1 amide bonds. The molecule has 90 valence electrons. The van der Waals surface area contributed by atoms with Crippen LogP contribution >= 0.6 is 0 Å². The van der Waals surface area contributed by atoms with E-state index in [0.29, 0.717) is 18.8 Å². The van der Waals surface area contributed by atoms with Crippen LogP contribution in [0.5, 0.6) is 5.75 Å². The van der Waals surface area contributed by atoms with Crippen molar-refractivity contribution < 1.29 is 9.53 Å². The van der Waals surface area contributed by atoms with Gasteiger partial charge in [0.25, 0.3) is 0 Å². The van der Waals surface area contributed by atoms with Crippen LogP contribution in [-0.2, 0) is 4.79 Å². The van der Waals surface area contributed by atoms with Crippen LogP contribution in [0.25, 0.3) is 0 Å². The Bertz CT molecular complexity index is 424. The highest BCUT2D eigenvalue weighted by atomic mass is 16.5. The number of hydrogen-bond donors (Lipinski definition) is 1. The second kappa shape index (κ2) is 6.54. The molecular formula is C13H16N2O2. The zero-order valence-electron chi connectivity index (χ0n) is 10.1. The lowest BCUT2D eigenvalue weighted by Gasteiger charge is -2.12. The van der Waals surface area contributed by atoms with E-state index in [0.717, 1.165) is 5.56 Å². The number of ether oxygens (including phenoxy) is 1. The number of carbonyl (C=O) groups is 1. The Morgan fingerprint density at radius 1 is 1.53 bits per heavy atom. The predicted octanol–water partition coefficient (Wildman–Crippen LogP) is 2.18. The van der Waals surface area contributed by atoms with E-state index in [1.165, 1.54) is 0 Å². The van der Waals surface area contributed by atoms with E-state index in [1.807, 2.05) is 19.1 Å². The molecule has 1 aromatic rings. The van der Waals surface area contributed by atoms with Gasteiger partial charge in [-0.3, -0.25) is 4.79 Å². The van der Waals surface area contributed by atoms with Crippen LogP contribution in [0.2, 0.25) is 0 Å². The third kappa shape index (κ3) is 3.80. The molecule has 0 aliphatic heterocycles. The van der Waals surface area contributed by atoms with Crippen LogP contribution < -0.4 is 10.1 Å². The number of hydrogen-bond acceptors (Lipinski definition) is 3. The van der Waals surface area contributed by atoms with Gasteiger partial charge in [-0.1, -0.05) is 19.1 Å². The first-order chi connectivity index (χ1) is 8.21. The summed E-state index contributed by atoms with van der Waals surface area (Å²) in [5, 5.41) is 11.7. The summed E-state index contributed by atoms with van der Waals surface area (Å²) < 4.78 is 5.35. The molecule has 0 aromatic heterocycles. The van der Waals surface area contributed by atoms with Gasteiger partial charge in [0, 0.05) is 6.42 Å². The first kappa shape index (κ1) is 13.0. The number of amides is 1. The molecule has 0 aliphatic carbocycles. The van der Waals surface area contributed by atoms with Crippen molar-refractivity contribution in [3.63, 3.8) is 0 Å². The van der Waals surface area contributed by atoms with Crippen molar-refractivity contribution in [2.75, 3.05) is 6.61 Å². The van der Waals surface area contributed by atoms with Crippen molar-refractivity contribution in [2.24, 2.45) is 0 Å². The summed E-state index contributed by atoms with van der Waals surface area (Å²) in [6.45, 7) is 4.22. The van der Waals surface area contributed by atoms with Crippen LogP contribution in [0.1, 0.15) is 31.9 Å². The molecule has 0 fully saturated rings. The van der Waals surface area contributed by atoms with Crippen LogP contribution in [0, 0.1) is 11.3 Å². The molecule has 1 atom stereocenters. The van der Waals surface area contributed by atoms with Gasteiger partial charge in [-0.25, -0.2) is 0 Å². The van der Waals surface area contributed by atoms with Crippen molar-refractivity contribution in [1.82, 2.24) is 5.32 Å². The minimum absolute atomic E-state index is 0.140. The fourth-order valence-electron chi connectivity index (χ4n) is 1.40. The Morgan fingerprint density at radius 3 is 2.88 bits per heavy atom. The van der Waals surface area contributed by atoms with Gasteiger partial charge in [0.05, 0.1) is 12.7 Å². The maximum absolute atomic E-state index is 11.3. The first-order valence-corrected chi connectivity index (χ1v) is 5.63. The molecule has 0 bridgehead atoms. The Hall–Kier alpha value is -2.02. The zero-order chi connectivity index (χ0) is 12.7. The monoisotopic (exact) mass is 232 g/mol. The minimum atomic E-state index is -0.622. The molecule has 1 unspecified atom stereocenters. The van der Waals surface area contributed by atoms with Gasteiger partial charge >= 0.3 is 0 Å². The molecule has 0 aliphatic rings. The predicted molar refractivity (Wildman–Crippen MR) is 64.4 cm³/mol. The normalized spacial score (nSPS) is 11.4. The molecule has 17 heavy (non-hydrogen) atoms. The van der Waals surface area contributed by atoms with Crippen LogP contribution in [0.4, 0.5) is 0 Å². The number of carbonyl (C=O) groups excluding carboxylic acids is 1. The van der Waals surface area contributed by atoms with Crippen LogP contribution in [-0.4, -0.2) is 12.5 Å². The fraction of sp³-hybridized carbons (Fsp3) is 0.385. The highest BCUT2D eigenvalue weighted by Gasteiger charge is 2.13. The average Bonchev–Trinajstić information content (AvgIpc) is 2.36. The van der Waals surface area contributed by atoms with E-state index in [9.17, 15) is 4.79 Å². The van der Waals surface area contributed by atoms with Gasteiger partial charge in [0.1, 0.15) is 11.8 Å². The quantitative estimate of drug-likeness (QED) is 0.846. The van der Waals surface area contributed by atoms with E-state index >= 15 is 0 Å². The molecule has 1 aromatic carbocycles. The lowest BCUT2D eigenvalue weighted by atomic mass is 10.1. The van der Waals surface area contributed by atoms with Crippen molar-refractivity contribution in [1.29, 1.82) is 5.26 Å². The Kier molecular flexibility index (Phi) is 5.02.